The van der Waals surface area contributed by atoms with Crippen LogP contribution in [0.1, 0.15) is 15.9 Å². The Kier molecular flexibility index (Phi) is 5.77. The first-order valence-corrected chi connectivity index (χ1v) is 10.0. The molecule has 30 heavy (non-hydrogen) atoms. The molecular formula is C18H13ClF3N3O4S. The van der Waals surface area contributed by atoms with Gasteiger partial charge in [-0.15, -0.1) is 0 Å². The van der Waals surface area contributed by atoms with Crippen molar-refractivity contribution in [3.63, 3.8) is 0 Å². The highest BCUT2D eigenvalue weighted by atomic mass is 35.5. The second-order valence-electron chi connectivity index (χ2n) is 5.92. The van der Waals surface area contributed by atoms with E-state index in [0.29, 0.717) is 6.07 Å². The zero-order chi connectivity index (χ0) is 22.1. The number of hydrogen-bond donors (Lipinski definition) is 1. The molecule has 1 aromatic heterocycles. The summed E-state index contributed by atoms with van der Waals surface area (Å²) in [5.41, 5.74) is -1.33. The lowest BCUT2D eigenvalue weighted by Gasteiger charge is -2.16. The van der Waals surface area contributed by atoms with E-state index in [1.165, 1.54) is 29.2 Å². The van der Waals surface area contributed by atoms with Gasteiger partial charge in [-0.25, -0.2) is 17.9 Å². The number of nitrogens with one attached hydrogen (secondary N) is 1. The summed E-state index contributed by atoms with van der Waals surface area (Å²) in [7, 11) is -3.27. The van der Waals surface area contributed by atoms with E-state index in [-0.39, 0.29) is 22.0 Å². The van der Waals surface area contributed by atoms with Crippen molar-refractivity contribution < 1.29 is 31.1 Å². The average Bonchev–Trinajstić information content (AvgIpc) is 3.20. The van der Waals surface area contributed by atoms with Crippen molar-refractivity contribution in [3.8, 4) is 5.69 Å². The second kappa shape index (κ2) is 8.00. The number of anilines is 1. The molecule has 158 valence electrons. The largest absolute Gasteiger partial charge is 0.465 e. The minimum atomic E-state index is -4.69. The fourth-order valence-electron chi connectivity index (χ4n) is 2.57. The van der Waals surface area contributed by atoms with Crippen molar-refractivity contribution >= 4 is 33.3 Å². The number of methoxy groups -OCH3 is 1. The van der Waals surface area contributed by atoms with Crippen LogP contribution >= 0.6 is 11.6 Å². The third-order valence-electron chi connectivity index (χ3n) is 3.96. The predicted molar refractivity (Wildman–Crippen MR) is 102 cm³/mol. The molecule has 12 heteroatoms. The van der Waals surface area contributed by atoms with Crippen LogP contribution in [-0.4, -0.2) is 31.3 Å². The zero-order valence-corrected chi connectivity index (χ0v) is 16.7. The van der Waals surface area contributed by atoms with E-state index in [4.69, 9.17) is 11.6 Å². The van der Waals surface area contributed by atoms with E-state index in [1.807, 2.05) is 0 Å². The van der Waals surface area contributed by atoms with Crippen LogP contribution in [0.3, 0.4) is 0 Å². The standard InChI is InChI=1S/C18H13ClF3N3O4S/c1-29-17(26)11-3-6-16(13(19)9-11)30(27,28)24-14-10-12(18(20,21)22)4-5-15(14)25-8-2-7-23-25/h2-10,24H,1H3. The van der Waals surface area contributed by atoms with Crippen LogP contribution in [0.4, 0.5) is 18.9 Å². The summed E-state index contributed by atoms with van der Waals surface area (Å²) >= 11 is 6.00. The summed E-state index contributed by atoms with van der Waals surface area (Å²) in [6, 6.07) is 7.40. The lowest BCUT2D eigenvalue weighted by Crippen LogP contribution is -2.17. The van der Waals surface area contributed by atoms with Gasteiger partial charge >= 0.3 is 12.1 Å². The summed E-state index contributed by atoms with van der Waals surface area (Å²) in [6.45, 7) is 0. The highest BCUT2D eigenvalue weighted by Crippen LogP contribution is 2.34. The van der Waals surface area contributed by atoms with Crippen molar-refractivity contribution in [3.05, 3.63) is 71.0 Å². The maximum absolute atomic E-state index is 13.2. The number of rotatable bonds is 5. The van der Waals surface area contributed by atoms with Gasteiger partial charge in [0.25, 0.3) is 10.0 Å². The summed E-state index contributed by atoms with van der Waals surface area (Å²) in [6.07, 6.45) is -1.86. The van der Waals surface area contributed by atoms with Crippen LogP contribution < -0.4 is 4.72 Å². The number of halogens is 4. The lowest BCUT2D eigenvalue weighted by atomic mass is 10.1. The third-order valence-corrected chi connectivity index (χ3v) is 5.81. The van der Waals surface area contributed by atoms with E-state index < -0.39 is 32.6 Å². The Morgan fingerprint density at radius 3 is 2.50 bits per heavy atom. The molecule has 0 spiro atoms. The highest BCUT2D eigenvalue weighted by molar-refractivity contribution is 7.92. The maximum atomic E-state index is 13.2. The molecule has 0 atom stereocenters. The number of alkyl halides is 3. The van der Waals surface area contributed by atoms with Crippen molar-refractivity contribution in [1.29, 1.82) is 0 Å². The molecule has 0 aliphatic rings. The van der Waals surface area contributed by atoms with E-state index >= 15 is 0 Å². The lowest BCUT2D eigenvalue weighted by molar-refractivity contribution is -0.137. The molecule has 7 nitrogen and oxygen atoms in total. The van der Waals surface area contributed by atoms with E-state index in [0.717, 1.165) is 31.4 Å². The SMILES string of the molecule is COC(=O)c1ccc(S(=O)(=O)Nc2cc(C(F)(F)F)ccc2-n2cccn2)c(Cl)c1. The normalized spacial score (nSPS) is 11.9. The first kappa shape index (κ1) is 21.7. The number of hydrogen-bond acceptors (Lipinski definition) is 5. The minimum Gasteiger partial charge on any atom is -0.465 e. The molecule has 1 heterocycles. The molecule has 0 saturated heterocycles. The van der Waals surface area contributed by atoms with Gasteiger partial charge in [0.05, 0.1) is 34.6 Å². The Balaban J connectivity index is 2.07. The molecule has 1 N–H and O–H groups in total. The second-order valence-corrected chi connectivity index (χ2v) is 7.98. The van der Waals surface area contributed by atoms with Gasteiger partial charge in [-0.2, -0.15) is 18.3 Å². The van der Waals surface area contributed by atoms with Crippen molar-refractivity contribution in [2.45, 2.75) is 11.1 Å². The topological polar surface area (TPSA) is 90.3 Å². The van der Waals surface area contributed by atoms with Crippen LogP contribution in [-0.2, 0) is 20.9 Å². The first-order valence-electron chi connectivity index (χ1n) is 8.15. The molecule has 0 radical (unpaired) electrons. The number of aromatic nitrogens is 2. The smallest absolute Gasteiger partial charge is 0.416 e. The Labute approximate surface area is 174 Å². The number of ether oxygens (including phenoxy) is 1. The molecule has 3 aromatic rings. The fraction of sp³-hybridized carbons (Fsp3) is 0.111. The van der Waals surface area contributed by atoms with E-state index in [2.05, 4.69) is 14.6 Å². The molecule has 3 rings (SSSR count). The van der Waals surface area contributed by atoms with Crippen LogP contribution in [0.2, 0.25) is 5.02 Å². The molecule has 2 aromatic carbocycles. The molecule has 0 aliphatic carbocycles. The highest BCUT2D eigenvalue weighted by Gasteiger charge is 2.32. The van der Waals surface area contributed by atoms with Gasteiger partial charge in [-0.05, 0) is 42.5 Å². The minimum absolute atomic E-state index is 0.0118. The van der Waals surface area contributed by atoms with Gasteiger partial charge in [-0.3, -0.25) is 4.72 Å². The first-order chi connectivity index (χ1) is 14.0. The number of nitrogens with zero attached hydrogens (tertiary/aromatic N) is 2. The summed E-state index contributed by atoms with van der Waals surface area (Å²) in [5.74, 6) is -0.729. The van der Waals surface area contributed by atoms with Gasteiger partial charge in [0.2, 0.25) is 0 Å². The van der Waals surface area contributed by atoms with Crippen molar-refractivity contribution in [2.24, 2.45) is 0 Å². The summed E-state index contributed by atoms with van der Waals surface area (Å²) in [5, 5.41) is 3.62. The van der Waals surface area contributed by atoms with Crippen LogP contribution in [0, 0.1) is 0 Å². The van der Waals surface area contributed by atoms with Crippen LogP contribution in [0.15, 0.2) is 59.8 Å². The number of benzene rings is 2. The number of sulfonamides is 1. The Bertz CT molecular complexity index is 1200. The Morgan fingerprint density at radius 2 is 1.93 bits per heavy atom. The van der Waals surface area contributed by atoms with Gasteiger partial charge < -0.3 is 4.74 Å². The average molecular weight is 460 g/mol. The zero-order valence-electron chi connectivity index (χ0n) is 15.1. The fourth-order valence-corrected chi connectivity index (χ4v) is 4.18. The molecule has 0 saturated carbocycles. The summed E-state index contributed by atoms with van der Waals surface area (Å²) in [4.78, 5) is 11.1. The molecule has 0 fully saturated rings. The van der Waals surface area contributed by atoms with Crippen LogP contribution in [0.25, 0.3) is 5.69 Å². The summed E-state index contributed by atoms with van der Waals surface area (Å²) < 4.78 is 73.0. The number of esters is 1. The van der Waals surface area contributed by atoms with E-state index in [9.17, 15) is 26.4 Å². The Morgan fingerprint density at radius 1 is 1.20 bits per heavy atom. The van der Waals surface area contributed by atoms with Gasteiger partial charge in [-0.1, -0.05) is 11.6 Å². The predicted octanol–water partition coefficient (Wildman–Crippen LogP) is 4.13. The molecule has 0 unspecified atom stereocenters. The molecule has 0 amide bonds. The van der Waals surface area contributed by atoms with Crippen LogP contribution in [0.5, 0.6) is 0 Å². The monoisotopic (exact) mass is 459 g/mol. The quantitative estimate of drug-likeness (QED) is 0.579. The van der Waals surface area contributed by atoms with Gasteiger partial charge in [0.15, 0.2) is 0 Å². The molecule has 0 bridgehead atoms. The van der Waals surface area contributed by atoms with Crippen molar-refractivity contribution in [1.82, 2.24) is 9.78 Å². The number of carbonyl (C=O) groups excluding carboxylic acids is 1. The third kappa shape index (κ3) is 4.41. The molecule has 0 aliphatic heterocycles. The Hall–Kier alpha value is -3.05. The van der Waals surface area contributed by atoms with Crippen molar-refractivity contribution in [2.75, 3.05) is 11.8 Å². The van der Waals surface area contributed by atoms with Gasteiger partial charge in [0, 0.05) is 12.4 Å². The van der Waals surface area contributed by atoms with E-state index in [1.54, 1.807) is 0 Å². The van der Waals surface area contributed by atoms with Gasteiger partial charge in [0.1, 0.15) is 4.90 Å². The number of carbonyl (C=O) groups is 1. The molecular weight excluding hydrogens is 447 g/mol. The maximum Gasteiger partial charge on any atom is 0.416 e.